The first-order valence-electron chi connectivity index (χ1n) is 11.5. The Kier molecular flexibility index (Phi) is 7.46. The Balaban J connectivity index is 2.77. The molecule has 0 heterocycles. The number of carbonyl (C=O) groups is 1. The minimum absolute atomic E-state index is 0.0325. The number of benzene rings is 2. The van der Waals surface area contributed by atoms with E-state index in [-0.39, 0.29) is 23.4 Å². The van der Waals surface area contributed by atoms with Crippen molar-refractivity contribution in [3.63, 3.8) is 0 Å². The van der Waals surface area contributed by atoms with Crippen molar-refractivity contribution in [3.8, 4) is 5.75 Å². The molecule has 3 nitrogen and oxygen atoms in total. The topological polar surface area (TPSA) is 57.5 Å². The normalized spacial score (nSPS) is 14.7. The fourth-order valence-corrected chi connectivity index (χ4v) is 4.46. The SMILES string of the molecule is C=C(C)[C@H](O)Cc1c(C)ccc(C(=O)[C@@](C)(c2cc(C)c(C)cc2C)C(C)(C)CC)c1O. The molecule has 0 aliphatic carbocycles. The highest BCUT2D eigenvalue weighted by Crippen LogP contribution is 2.49. The maximum atomic E-state index is 14.3. The number of Topliss-reactive ketones (excluding diaryl/α,β-unsaturated/α-hetero) is 1. The van der Waals surface area contributed by atoms with Gasteiger partial charge in [0.2, 0.25) is 0 Å². The van der Waals surface area contributed by atoms with Crippen LogP contribution in [0.2, 0.25) is 0 Å². The molecule has 2 rings (SSSR count). The first kappa shape index (κ1) is 25.9. The monoisotopic (exact) mass is 436 g/mol. The number of hydrogen-bond donors (Lipinski definition) is 2. The minimum atomic E-state index is -0.846. The predicted octanol–water partition coefficient (Wildman–Crippen LogP) is 6.68. The third-order valence-corrected chi connectivity index (χ3v) is 7.80. The number of rotatable bonds is 8. The summed E-state index contributed by atoms with van der Waals surface area (Å²) in [5.41, 5.74) is 5.60. The van der Waals surface area contributed by atoms with E-state index in [9.17, 15) is 15.0 Å². The summed E-state index contributed by atoms with van der Waals surface area (Å²) in [5.74, 6) is -0.130. The van der Waals surface area contributed by atoms with Crippen molar-refractivity contribution in [2.45, 2.75) is 86.7 Å². The Morgan fingerprint density at radius 3 is 2.09 bits per heavy atom. The van der Waals surface area contributed by atoms with E-state index in [0.717, 1.165) is 28.7 Å². The number of aliphatic hydroxyl groups excluding tert-OH is 1. The van der Waals surface area contributed by atoms with E-state index in [1.54, 1.807) is 13.0 Å². The van der Waals surface area contributed by atoms with Crippen LogP contribution >= 0.6 is 0 Å². The molecule has 0 unspecified atom stereocenters. The Morgan fingerprint density at radius 2 is 1.56 bits per heavy atom. The van der Waals surface area contributed by atoms with Gasteiger partial charge in [0.1, 0.15) is 5.75 Å². The number of phenolic OH excluding ortho intramolecular Hbond substituents is 1. The number of phenols is 1. The van der Waals surface area contributed by atoms with Crippen LogP contribution in [0.3, 0.4) is 0 Å². The molecule has 0 aliphatic heterocycles. The van der Waals surface area contributed by atoms with Gasteiger partial charge in [-0.2, -0.15) is 0 Å². The summed E-state index contributed by atoms with van der Waals surface area (Å²) in [6, 6.07) is 7.87. The molecular formula is C29H40O3. The van der Waals surface area contributed by atoms with E-state index in [0.29, 0.717) is 16.7 Å². The smallest absolute Gasteiger partial charge is 0.177 e. The molecule has 0 radical (unpaired) electrons. The molecule has 174 valence electrons. The maximum Gasteiger partial charge on any atom is 0.177 e. The zero-order valence-electron chi connectivity index (χ0n) is 21.3. The Bertz CT molecular complexity index is 1040. The largest absolute Gasteiger partial charge is 0.507 e. The molecule has 2 aromatic rings. The fourth-order valence-electron chi connectivity index (χ4n) is 4.46. The van der Waals surface area contributed by atoms with Crippen molar-refractivity contribution in [2.24, 2.45) is 5.41 Å². The van der Waals surface area contributed by atoms with Gasteiger partial charge in [-0.3, -0.25) is 4.79 Å². The molecule has 2 N–H and O–H groups in total. The molecule has 2 atom stereocenters. The highest BCUT2D eigenvalue weighted by Gasteiger charge is 2.49. The summed E-state index contributed by atoms with van der Waals surface area (Å²) in [4.78, 5) is 14.3. The van der Waals surface area contributed by atoms with E-state index in [4.69, 9.17) is 0 Å². The molecule has 2 aromatic carbocycles. The Labute approximate surface area is 194 Å². The third kappa shape index (κ3) is 4.41. The Morgan fingerprint density at radius 1 is 1.00 bits per heavy atom. The number of aryl methyl sites for hydroxylation is 4. The van der Waals surface area contributed by atoms with Gasteiger partial charge in [-0.25, -0.2) is 0 Å². The van der Waals surface area contributed by atoms with Gasteiger partial charge in [0.15, 0.2) is 5.78 Å². The van der Waals surface area contributed by atoms with Gasteiger partial charge < -0.3 is 10.2 Å². The molecule has 3 heteroatoms. The summed E-state index contributed by atoms with van der Waals surface area (Å²) in [5, 5.41) is 21.6. The summed E-state index contributed by atoms with van der Waals surface area (Å²) in [6.45, 7) is 22.0. The highest BCUT2D eigenvalue weighted by atomic mass is 16.3. The van der Waals surface area contributed by atoms with Crippen molar-refractivity contribution in [1.29, 1.82) is 0 Å². The quantitative estimate of drug-likeness (QED) is 0.358. The van der Waals surface area contributed by atoms with Crippen molar-refractivity contribution < 1.29 is 15.0 Å². The molecule has 0 fully saturated rings. The molecule has 0 aromatic heterocycles. The molecular weight excluding hydrogens is 396 g/mol. The average molecular weight is 437 g/mol. The lowest BCUT2D eigenvalue weighted by Crippen LogP contribution is -2.46. The molecule has 0 spiro atoms. The van der Waals surface area contributed by atoms with Crippen LogP contribution in [0.4, 0.5) is 0 Å². The number of hydrogen-bond acceptors (Lipinski definition) is 3. The minimum Gasteiger partial charge on any atom is -0.507 e. The van der Waals surface area contributed by atoms with Crippen molar-refractivity contribution >= 4 is 5.78 Å². The van der Waals surface area contributed by atoms with Crippen LogP contribution in [-0.2, 0) is 11.8 Å². The van der Waals surface area contributed by atoms with Gasteiger partial charge >= 0.3 is 0 Å². The van der Waals surface area contributed by atoms with E-state index in [1.807, 2.05) is 19.9 Å². The summed E-state index contributed by atoms with van der Waals surface area (Å²) in [6.07, 6.45) is 0.255. The van der Waals surface area contributed by atoms with Crippen LogP contribution in [0.25, 0.3) is 0 Å². The van der Waals surface area contributed by atoms with Crippen molar-refractivity contribution in [2.75, 3.05) is 0 Å². The second kappa shape index (κ2) is 9.23. The molecule has 32 heavy (non-hydrogen) atoms. The lowest BCUT2D eigenvalue weighted by Gasteiger charge is -2.44. The van der Waals surface area contributed by atoms with Gasteiger partial charge in [-0.1, -0.05) is 51.1 Å². The van der Waals surface area contributed by atoms with Gasteiger partial charge in [0.05, 0.1) is 17.1 Å². The van der Waals surface area contributed by atoms with E-state index in [2.05, 4.69) is 60.3 Å². The second-order valence-corrected chi connectivity index (χ2v) is 10.3. The maximum absolute atomic E-state index is 14.3. The van der Waals surface area contributed by atoms with E-state index < -0.39 is 11.5 Å². The van der Waals surface area contributed by atoms with Gasteiger partial charge in [0.25, 0.3) is 0 Å². The third-order valence-electron chi connectivity index (χ3n) is 7.80. The lowest BCUT2D eigenvalue weighted by atomic mass is 9.57. The lowest BCUT2D eigenvalue weighted by molar-refractivity contribution is 0.0723. The Hall–Kier alpha value is -2.39. The molecule has 0 saturated carbocycles. The van der Waals surface area contributed by atoms with E-state index in [1.165, 1.54) is 5.56 Å². The fraction of sp³-hybridized carbons (Fsp3) is 0.483. The highest BCUT2D eigenvalue weighted by molar-refractivity contribution is 6.07. The van der Waals surface area contributed by atoms with Crippen LogP contribution in [-0.4, -0.2) is 22.1 Å². The number of aliphatic hydroxyl groups is 1. The summed E-state index contributed by atoms with van der Waals surface area (Å²) < 4.78 is 0. The van der Waals surface area contributed by atoms with Crippen LogP contribution in [0, 0.1) is 33.1 Å². The van der Waals surface area contributed by atoms with Gasteiger partial charge in [-0.15, -0.1) is 0 Å². The first-order valence-corrected chi connectivity index (χ1v) is 11.5. The summed E-state index contributed by atoms with van der Waals surface area (Å²) >= 11 is 0. The van der Waals surface area contributed by atoms with Crippen molar-refractivity contribution in [3.05, 3.63) is 75.4 Å². The molecule has 0 saturated heterocycles. The average Bonchev–Trinajstić information content (AvgIpc) is 2.72. The number of carbonyl (C=O) groups excluding carboxylic acids is 1. The summed E-state index contributed by atoms with van der Waals surface area (Å²) in [7, 11) is 0. The number of ketones is 1. The zero-order valence-corrected chi connectivity index (χ0v) is 21.3. The van der Waals surface area contributed by atoms with Crippen molar-refractivity contribution in [1.82, 2.24) is 0 Å². The van der Waals surface area contributed by atoms with Gasteiger partial charge in [-0.05, 0) is 87.3 Å². The molecule has 0 amide bonds. The zero-order chi connectivity index (χ0) is 24.6. The molecule has 0 aliphatic rings. The van der Waals surface area contributed by atoms with Crippen LogP contribution < -0.4 is 0 Å². The van der Waals surface area contributed by atoms with E-state index >= 15 is 0 Å². The van der Waals surface area contributed by atoms with Gasteiger partial charge in [0, 0.05) is 12.0 Å². The predicted molar refractivity (Wildman–Crippen MR) is 134 cm³/mol. The number of aromatic hydroxyl groups is 1. The van der Waals surface area contributed by atoms with Crippen LogP contribution in [0.1, 0.15) is 84.8 Å². The first-order chi connectivity index (χ1) is 14.7. The second-order valence-electron chi connectivity index (χ2n) is 10.3. The van der Waals surface area contributed by atoms with Crippen LogP contribution in [0.15, 0.2) is 36.4 Å². The standard InChI is InChI=1S/C29H40O3/c1-11-28(8,9)29(10,24-15-20(6)19(5)14-21(24)7)27(32)22-13-12-18(4)23(26(22)31)16-25(30)17(2)3/h12-15,25,30-31H,2,11,16H2,1,3-10H3/t25-,29-/m1/s1. The van der Waals surface area contributed by atoms with Crippen LogP contribution in [0.5, 0.6) is 5.75 Å². The molecule has 0 bridgehead atoms.